The minimum Gasteiger partial charge on any atom is -0.493 e. The number of carboxylic acid groups (broad SMARTS) is 1. The van der Waals surface area contributed by atoms with Crippen LogP contribution in [0.25, 0.3) is 10.2 Å². The number of quaternary nitrogens is 1. The zero-order valence-electron chi connectivity index (χ0n) is 23.1. The van der Waals surface area contributed by atoms with E-state index in [0.717, 1.165) is 47.2 Å². The highest BCUT2D eigenvalue weighted by atomic mass is 32.1. The van der Waals surface area contributed by atoms with E-state index in [1.807, 2.05) is 6.07 Å². The van der Waals surface area contributed by atoms with Crippen molar-refractivity contribution in [3.8, 4) is 11.5 Å². The number of fused-ring (bicyclic) bond motifs is 2. The van der Waals surface area contributed by atoms with Crippen LogP contribution in [-0.4, -0.2) is 74.4 Å². The van der Waals surface area contributed by atoms with Gasteiger partial charge in [0.15, 0.2) is 28.3 Å². The number of hydrogen-bond donors (Lipinski definition) is 1. The third-order valence-corrected chi connectivity index (χ3v) is 9.35. The van der Waals surface area contributed by atoms with Crippen LogP contribution in [-0.2, 0) is 22.4 Å². The van der Waals surface area contributed by atoms with Gasteiger partial charge in [0.2, 0.25) is 5.91 Å². The number of aliphatic carboxylic acids is 1. The Morgan fingerprint density at radius 3 is 2.30 bits per heavy atom. The second kappa shape index (κ2) is 10.6. The maximum Gasteiger partial charge on any atom is 0.304 e. The van der Waals surface area contributed by atoms with Crippen molar-refractivity contribution in [1.82, 2.24) is 4.98 Å². The third kappa shape index (κ3) is 5.49. The molecule has 0 unspecified atom stereocenters. The zero-order chi connectivity index (χ0) is 28.8. The van der Waals surface area contributed by atoms with E-state index in [2.05, 4.69) is 19.1 Å². The minimum absolute atomic E-state index is 0.00292. The molecule has 0 bridgehead atoms. The number of methoxy groups -OCH3 is 1. The Bertz CT molecular complexity index is 1430. The van der Waals surface area contributed by atoms with E-state index in [0.29, 0.717) is 45.8 Å². The number of amides is 1. The first-order valence-corrected chi connectivity index (χ1v) is 14.1. The van der Waals surface area contributed by atoms with Gasteiger partial charge in [0, 0.05) is 37.9 Å². The second-order valence-corrected chi connectivity index (χ2v) is 12.7. The van der Waals surface area contributed by atoms with Crippen LogP contribution in [0.5, 0.6) is 11.5 Å². The summed E-state index contributed by atoms with van der Waals surface area (Å²) >= 11 is 1.27. The summed E-state index contributed by atoms with van der Waals surface area (Å²) in [5.41, 5.74) is 0.139. The molecule has 1 N–H and O–H groups in total. The molecule has 2 aromatic carbocycles. The Kier molecular flexibility index (Phi) is 7.47. The average Bonchev–Trinajstić information content (AvgIpc) is 3.47. The van der Waals surface area contributed by atoms with Gasteiger partial charge in [-0.2, -0.15) is 0 Å². The highest BCUT2D eigenvalue weighted by Crippen LogP contribution is 2.44. The molecular weight excluding hydrogens is 540 g/mol. The van der Waals surface area contributed by atoms with Crippen molar-refractivity contribution in [1.29, 1.82) is 0 Å². The summed E-state index contributed by atoms with van der Waals surface area (Å²) in [4.78, 5) is 31.6. The molecule has 1 amide bonds. The first-order chi connectivity index (χ1) is 18.9. The quantitative estimate of drug-likeness (QED) is 0.394. The summed E-state index contributed by atoms with van der Waals surface area (Å²) < 4.78 is 41.4. The second-order valence-electron chi connectivity index (χ2n) is 11.7. The van der Waals surface area contributed by atoms with Crippen LogP contribution in [0.1, 0.15) is 30.4 Å². The lowest BCUT2D eigenvalue weighted by atomic mass is 9.80. The molecule has 1 aliphatic heterocycles. The molecule has 8 nitrogen and oxygen atoms in total. The lowest BCUT2D eigenvalue weighted by Gasteiger charge is -2.37. The lowest BCUT2D eigenvalue weighted by Crippen LogP contribution is -2.46. The van der Waals surface area contributed by atoms with Crippen molar-refractivity contribution in [3.63, 3.8) is 0 Å². The van der Waals surface area contributed by atoms with E-state index >= 15 is 0 Å². The van der Waals surface area contributed by atoms with E-state index in [4.69, 9.17) is 9.47 Å². The molecule has 0 atom stereocenters. The van der Waals surface area contributed by atoms with Crippen LogP contribution in [0.4, 0.5) is 13.9 Å². The van der Waals surface area contributed by atoms with Crippen LogP contribution >= 0.6 is 11.3 Å². The number of carboxylic acids is 1. The zero-order valence-corrected chi connectivity index (χ0v) is 23.9. The first kappa shape index (κ1) is 28.2. The topological polar surface area (TPSA) is 89.0 Å². The van der Waals surface area contributed by atoms with Crippen LogP contribution in [0.3, 0.4) is 0 Å². The molecule has 1 fully saturated rings. The number of halogens is 2. The Morgan fingerprint density at radius 1 is 1.10 bits per heavy atom. The normalized spacial score (nSPS) is 17.9. The van der Waals surface area contributed by atoms with Crippen molar-refractivity contribution in [2.45, 2.75) is 32.1 Å². The standard InChI is InChI=1S/C29H33F2N3O5S/c1-33(27(37)29(15-26(35)36)13-18-9-20(30)21(31)10-19(18)14-29)28-32-22-11-24(23(38-4)12-25(22)40-28)39-16-17-5-7-34(2,3)8-6-17/h9-12,17H,5-8,13-16H2,1-4H3/p+1. The van der Waals surface area contributed by atoms with Gasteiger partial charge in [-0.15, -0.1) is 0 Å². The van der Waals surface area contributed by atoms with E-state index in [9.17, 15) is 23.5 Å². The number of benzene rings is 2. The van der Waals surface area contributed by atoms with E-state index in [1.165, 1.54) is 16.2 Å². The maximum absolute atomic E-state index is 13.9. The highest BCUT2D eigenvalue weighted by Gasteiger charge is 2.48. The molecule has 2 heterocycles. The SMILES string of the molecule is COc1cc2sc(N(C)C(=O)C3(CC(=O)O)Cc4cc(F)c(F)cc4C3)nc2cc1OCC1CC[N+](C)(C)CC1. The van der Waals surface area contributed by atoms with Gasteiger partial charge in [-0.1, -0.05) is 11.3 Å². The summed E-state index contributed by atoms with van der Waals surface area (Å²) in [7, 11) is 7.60. The molecule has 1 aliphatic carbocycles. The Balaban J connectivity index is 1.38. The largest absolute Gasteiger partial charge is 0.493 e. The number of carbonyl (C=O) groups is 2. The van der Waals surface area contributed by atoms with Crippen LogP contribution in [0.2, 0.25) is 0 Å². The van der Waals surface area contributed by atoms with Gasteiger partial charge in [0.25, 0.3) is 0 Å². The number of rotatable bonds is 8. The average molecular weight is 575 g/mol. The number of thiazole rings is 1. The van der Waals surface area contributed by atoms with Crippen molar-refractivity contribution in [3.05, 3.63) is 47.0 Å². The van der Waals surface area contributed by atoms with E-state index in [1.54, 1.807) is 20.2 Å². The maximum atomic E-state index is 13.9. The van der Waals surface area contributed by atoms with Crippen molar-refractivity contribution in [2.75, 3.05) is 52.8 Å². The molecule has 0 spiro atoms. The molecule has 1 saturated heterocycles. The predicted molar refractivity (Wildman–Crippen MR) is 148 cm³/mol. The van der Waals surface area contributed by atoms with Gasteiger partial charge >= 0.3 is 5.97 Å². The summed E-state index contributed by atoms with van der Waals surface area (Å²) in [6.45, 7) is 2.80. The Hall–Kier alpha value is -3.31. The summed E-state index contributed by atoms with van der Waals surface area (Å²) in [6, 6.07) is 5.75. The van der Waals surface area contributed by atoms with Crippen LogP contribution in [0.15, 0.2) is 24.3 Å². The van der Waals surface area contributed by atoms with Gasteiger partial charge in [-0.3, -0.25) is 14.5 Å². The molecule has 5 rings (SSSR count). The van der Waals surface area contributed by atoms with Crippen molar-refractivity contribution >= 4 is 38.6 Å². The Labute approximate surface area is 235 Å². The number of nitrogens with zero attached hydrogens (tertiary/aromatic N) is 3. The predicted octanol–water partition coefficient (Wildman–Crippen LogP) is 4.67. The number of aromatic nitrogens is 1. The highest BCUT2D eigenvalue weighted by molar-refractivity contribution is 7.22. The smallest absolute Gasteiger partial charge is 0.304 e. The van der Waals surface area contributed by atoms with Gasteiger partial charge in [-0.25, -0.2) is 13.8 Å². The summed E-state index contributed by atoms with van der Waals surface area (Å²) in [6.07, 6.45) is 1.72. The fraction of sp³-hybridized carbons (Fsp3) is 0.483. The third-order valence-electron chi connectivity index (χ3n) is 8.26. The van der Waals surface area contributed by atoms with Crippen molar-refractivity contribution < 1.29 is 37.4 Å². The molecule has 0 radical (unpaired) electrons. The van der Waals surface area contributed by atoms with Crippen LogP contribution < -0.4 is 14.4 Å². The molecule has 11 heteroatoms. The number of hydrogen-bond acceptors (Lipinski definition) is 6. The monoisotopic (exact) mass is 574 g/mol. The molecule has 2 aliphatic rings. The lowest BCUT2D eigenvalue weighted by molar-refractivity contribution is -0.896. The van der Waals surface area contributed by atoms with Gasteiger partial charge < -0.3 is 19.1 Å². The summed E-state index contributed by atoms with van der Waals surface area (Å²) in [5, 5.41) is 10.0. The van der Waals surface area contributed by atoms with Crippen molar-refractivity contribution in [2.24, 2.45) is 11.3 Å². The molecule has 40 heavy (non-hydrogen) atoms. The number of ether oxygens (including phenoxy) is 2. The molecule has 0 saturated carbocycles. The minimum atomic E-state index is -1.37. The van der Waals surface area contributed by atoms with Gasteiger partial charge in [0.05, 0.1) is 63.0 Å². The molecule has 214 valence electrons. The van der Waals surface area contributed by atoms with E-state index < -0.39 is 35.3 Å². The molecular formula is C29H34F2N3O5S+. The number of piperidine rings is 1. The van der Waals surface area contributed by atoms with Crippen LogP contribution in [0, 0.1) is 23.0 Å². The van der Waals surface area contributed by atoms with E-state index in [-0.39, 0.29) is 12.8 Å². The fourth-order valence-electron chi connectivity index (χ4n) is 5.87. The Morgan fingerprint density at radius 2 is 1.73 bits per heavy atom. The fourth-order valence-corrected chi connectivity index (χ4v) is 6.80. The number of likely N-dealkylation sites (tertiary alicyclic amines) is 1. The molecule has 3 aromatic rings. The number of anilines is 1. The van der Waals surface area contributed by atoms with Gasteiger partial charge in [-0.05, 0) is 36.1 Å². The molecule has 1 aromatic heterocycles. The first-order valence-electron chi connectivity index (χ1n) is 13.3. The number of carbonyl (C=O) groups excluding carboxylic acids is 1. The van der Waals surface area contributed by atoms with Gasteiger partial charge in [0.1, 0.15) is 0 Å². The summed E-state index contributed by atoms with van der Waals surface area (Å²) in [5.74, 6) is -2.05.